The van der Waals surface area contributed by atoms with Crippen LogP contribution in [0.3, 0.4) is 0 Å². The minimum atomic E-state index is -1.18. The van der Waals surface area contributed by atoms with E-state index in [1.54, 1.807) is 0 Å². The number of carboxylic acid groups (broad SMARTS) is 2. The summed E-state index contributed by atoms with van der Waals surface area (Å²) in [5.41, 5.74) is 5.37. The van der Waals surface area contributed by atoms with E-state index in [-0.39, 0.29) is 6.42 Å². The van der Waals surface area contributed by atoms with Gasteiger partial charge in [-0.2, -0.15) is 0 Å². The molecule has 0 fully saturated rings. The SMILES string of the molecule is N[C@@H](CC(CCCOc1ccc(I)cc1)C(=O)O)C(=O)O. The fourth-order valence-electron chi connectivity index (χ4n) is 1.80. The Morgan fingerprint density at radius 1 is 1.19 bits per heavy atom. The molecule has 0 amide bonds. The maximum absolute atomic E-state index is 11.1. The molecular formula is C14H18INO5. The van der Waals surface area contributed by atoms with E-state index >= 15 is 0 Å². The number of hydrogen-bond donors (Lipinski definition) is 3. The summed E-state index contributed by atoms with van der Waals surface area (Å²) in [6, 6.07) is 6.38. The van der Waals surface area contributed by atoms with Crippen molar-refractivity contribution < 1.29 is 24.5 Å². The highest BCUT2D eigenvalue weighted by Gasteiger charge is 2.23. The van der Waals surface area contributed by atoms with Gasteiger partial charge in [0, 0.05) is 3.57 Å². The summed E-state index contributed by atoms with van der Waals surface area (Å²) in [7, 11) is 0. The molecule has 0 aliphatic heterocycles. The topological polar surface area (TPSA) is 110 Å². The van der Waals surface area contributed by atoms with Crippen molar-refractivity contribution >= 4 is 34.5 Å². The van der Waals surface area contributed by atoms with Crippen molar-refractivity contribution in [2.75, 3.05) is 6.61 Å². The van der Waals surface area contributed by atoms with Crippen molar-refractivity contribution in [1.82, 2.24) is 0 Å². The van der Waals surface area contributed by atoms with Crippen molar-refractivity contribution in [3.63, 3.8) is 0 Å². The van der Waals surface area contributed by atoms with Crippen LogP contribution < -0.4 is 10.5 Å². The predicted molar refractivity (Wildman–Crippen MR) is 85.2 cm³/mol. The molecule has 6 nitrogen and oxygen atoms in total. The summed E-state index contributed by atoms with van der Waals surface area (Å²) >= 11 is 2.19. The van der Waals surface area contributed by atoms with Gasteiger partial charge in [0.05, 0.1) is 12.5 Å². The van der Waals surface area contributed by atoms with Gasteiger partial charge in [0.25, 0.3) is 0 Å². The summed E-state index contributed by atoms with van der Waals surface area (Å²) < 4.78 is 6.60. The zero-order valence-corrected chi connectivity index (χ0v) is 13.5. The number of rotatable bonds is 9. The van der Waals surface area contributed by atoms with E-state index < -0.39 is 23.9 Å². The first kappa shape index (κ1) is 17.7. The third kappa shape index (κ3) is 6.76. The van der Waals surface area contributed by atoms with E-state index in [0.717, 1.165) is 9.32 Å². The van der Waals surface area contributed by atoms with Gasteiger partial charge in [-0.3, -0.25) is 9.59 Å². The molecule has 0 radical (unpaired) electrons. The van der Waals surface area contributed by atoms with Gasteiger partial charge in [-0.25, -0.2) is 0 Å². The molecule has 1 aromatic carbocycles. The maximum Gasteiger partial charge on any atom is 0.320 e. The Balaban J connectivity index is 2.35. The third-order valence-electron chi connectivity index (χ3n) is 2.98. The van der Waals surface area contributed by atoms with Crippen LogP contribution in [0.2, 0.25) is 0 Å². The lowest BCUT2D eigenvalue weighted by Gasteiger charge is -2.15. The fraction of sp³-hybridized carbons (Fsp3) is 0.429. The molecule has 0 aromatic heterocycles. The minimum Gasteiger partial charge on any atom is -0.494 e. The standard InChI is InChI=1S/C14H18INO5/c15-10-3-5-11(6-4-10)21-7-1-2-9(13(17)18)8-12(16)14(19)20/h3-6,9,12H,1-2,7-8,16H2,(H,17,18)(H,19,20)/t9?,12-/m0/s1. The third-order valence-corrected chi connectivity index (χ3v) is 3.70. The average Bonchev–Trinajstić information content (AvgIpc) is 2.43. The van der Waals surface area contributed by atoms with Gasteiger partial charge in [-0.1, -0.05) is 0 Å². The molecule has 0 bridgehead atoms. The van der Waals surface area contributed by atoms with Crippen LogP contribution in [-0.2, 0) is 9.59 Å². The Bertz CT molecular complexity index is 477. The van der Waals surface area contributed by atoms with E-state index in [2.05, 4.69) is 22.6 Å². The number of hydrogen-bond acceptors (Lipinski definition) is 4. The fourth-order valence-corrected chi connectivity index (χ4v) is 2.16. The summed E-state index contributed by atoms with van der Waals surface area (Å²) in [4.78, 5) is 21.7. The van der Waals surface area contributed by atoms with Crippen LogP contribution in [0.1, 0.15) is 19.3 Å². The highest BCUT2D eigenvalue weighted by Crippen LogP contribution is 2.16. The number of carbonyl (C=O) groups is 2. The number of benzene rings is 1. The first-order valence-corrected chi connectivity index (χ1v) is 7.57. The molecule has 21 heavy (non-hydrogen) atoms. The van der Waals surface area contributed by atoms with Gasteiger partial charge in [0.2, 0.25) is 0 Å². The highest BCUT2D eigenvalue weighted by molar-refractivity contribution is 14.1. The van der Waals surface area contributed by atoms with Crippen LogP contribution in [0, 0.1) is 9.49 Å². The van der Waals surface area contributed by atoms with Crippen molar-refractivity contribution in [2.45, 2.75) is 25.3 Å². The normalized spacial score (nSPS) is 13.4. The van der Waals surface area contributed by atoms with E-state index in [9.17, 15) is 9.59 Å². The van der Waals surface area contributed by atoms with Crippen molar-refractivity contribution in [2.24, 2.45) is 11.7 Å². The van der Waals surface area contributed by atoms with Gasteiger partial charge in [-0.15, -0.1) is 0 Å². The summed E-state index contributed by atoms with van der Waals surface area (Å²) in [5, 5.41) is 17.8. The number of carboxylic acids is 2. The molecule has 2 atom stereocenters. The smallest absolute Gasteiger partial charge is 0.320 e. The van der Waals surface area contributed by atoms with Crippen LogP contribution in [-0.4, -0.2) is 34.8 Å². The lowest BCUT2D eigenvalue weighted by molar-refractivity contribution is -0.143. The average molecular weight is 407 g/mol. The molecule has 116 valence electrons. The van der Waals surface area contributed by atoms with Gasteiger partial charge in [-0.05, 0) is 66.1 Å². The maximum atomic E-state index is 11.1. The van der Waals surface area contributed by atoms with E-state index in [0.29, 0.717) is 19.4 Å². The lowest BCUT2D eigenvalue weighted by atomic mass is 9.95. The molecule has 0 saturated carbocycles. The molecule has 0 saturated heterocycles. The second-order valence-corrected chi connectivity index (χ2v) is 5.91. The zero-order chi connectivity index (χ0) is 15.8. The quantitative estimate of drug-likeness (QED) is 0.427. The first-order valence-electron chi connectivity index (χ1n) is 6.49. The van der Waals surface area contributed by atoms with Gasteiger partial charge >= 0.3 is 11.9 Å². The predicted octanol–water partition coefficient (Wildman–Crippen LogP) is 1.95. The van der Waals surface area contributed by atoms with Gasteiger partial charge < -0.3 is 20.7 Å². The van der Waals surface area contributed by atoms with Gasteiger partial charge in [0.1, 0.15) is 11.8 Å². The Morgan fingerprint density at radius 3 is 2.33 bits per heavy atom. The van der Waals surface area contributed by atoms with Crippen molar-refractivity contribution in [3.05, 3.63) is 27.8 Å². The highest BCUT2D eigenvalue weighted by atomic mass is 127. The molecule has 0 spiro atoms. The first-order chi connectivity index (χ1) is 9.90. The molecule has 0 aliphatic carbocycles. The molecule has 7 heteroatoms. The Labute approximate surface area is 136 Å². The van der Waals surface area contributed by atoms with Crippen molar-refractivity contribution in [1.29, 1.82) is 0 Å². The Kier molecular flexibility index (Phi) is 7.44. The van der Waals surface area contributed by atoms with E-state index in [1.165, 1.54) is 0 Å². The molecule has 1 aromatic rings. The molecule has 1 unspecified atom stereocenters. The van der Waals surface area contributed by atoms with Crippen LogP contribution in [0.5, 0.6) is 5.75 Å². The summed E-state index contributed by atoms with van der Waals surface area (Å²) in [6.45, 7) is 0.382. The number of nitrogens with two attached hydrogens (primary N) is 1. The van der Waals surface area contributed by atoms with Crippen LogP contribution >= 0.6 is 22.6 Å². The van der Waals surface area contributed by atoms with E-state index in [1.807, 2.05) is 24.3 Å². The van der Waals surface area contributed by atoms with Crippen molar-refractivity contribution in [3.8, 4) is 5.75 Å². The second kappa shape index (κ2) is 8.83. The van der Waals surface area contributed by atoms with Crippen LogP contribution in [0.15, 0.2) is 24.3 Å². The second-order valence-electron chi connectivity index (χ2n) is 4.66. The molecular weight excluding hydrogens is 389 g/mol. The summed E-state index contributed by atoms with van der Waals surface area (Å²) in [6.07, 6.45) is 0.782. The van der Waals surface area contributed by atoms with Crippen LogP contribution in [0.25, 0.3) is 0 Å². The minimum absolute atomic E-state index is 0.0752. The Morgan fingerprint density at radius 2 is 1.81 bits per heavy atom. The molecule has 0 heterocycles. The van der Waals surface area contributed by atoms with E-state index in [4.69, 9.17) is 20.7 Å². The van der Waals surface area contributed by atoms with Crippen LogP contribution in [0.4, 0.5) is 0 Å². The largest absolute Gasteiger partial charge is 0.494 e. The number of halogens is 1. The monoisotopic (exact) mass is 407 g/mol. The lowest BCUT2D eigenvalue weighted by Crippen LogP contribution is -2.34. The zero-order valence-electron chi connectivity index (χ0n) is 11.4. The number of aliphatic carboxylic acids is 2. The molecule has 1 rings (SSSR count). The number of ether oxygens (including phenoxy) is 1. The Hall–Kier alpha value is -1.35. The summed E-state index contributed by atoms with van der Waals surface area (Å²) in [5.74, 6) is -2.25. The van der Waals surface area contributed by atoms with Gasteiger partial charge in [0.15, 0.2) is 0 Å². The molecule has 0 aliphatic rings. The molecule has 4 N–H and O–H groups in total.